The van der Waals surface area contributed by atoms with Crippen molar-refractivity contribution in [2.45, 2.75) is 67.7 Å². The lowest BCUT2D eigenvalue weighted by atomic mass is 9.52. The summed E-state index contributed by atoms with van der Waals surface area (Å²) in [5.41, 5.74) is 3.64. The van der Waals surface area contributed by atoms with Crippen LogP contribution >= 0.6 is 0 Å². The van der Waals surface area contributed by atoms with E-state index in [2.05, 4.69) is 59.0 Å². The fourth-order valence-electron chi connectivity index (χ4n) is 6.10. The molecule has 1 heterocycles. The Morgan fingerprint density at radius 2 is 2.00 bits per heavy atom. The zero-order chi connectivity index (χ0) is 21.5. The van der Waals surface area contributed by atoms with Crippen molar-refractivity contribution in [3.8, 4) is 0 Å². The quantitative estimate of drug-likeness (QED) is 0.486. The van der Waals surface area contributed by atoms with Gasteiger partial charge in [0.15, 0.2) is 5.78 Å². The van der Waals surface area contributed by atoms with Gasteiger partial charge < -0.3 is 5.32 Å². The van der Waals surface area contributed by atoms with Gasteiger partial charge in [0, 0.05) is 17.5 Å². The van der Waals surface area contributed by atoms with Crippen LogP contribution in [-0.2, 0) is 9.59 Å². The van der Waals surface area contributed by atoms with E-state index in [9.17, 15) is 9.59 Å². The maximum absolute atomic E-state index is 13.9. The van der Waals surface area contributed by atoms with Gasteiger partial charge in [-0.2, -0.15) is 0 Å². The van der Waals surface area contributed by atoms with Crippen LogP contribution in [0.1, 0.15) is 67.7 Å². The SMILES string of the molecule is CC=C(C)[C@@H]1C(C)=C[C@]2(C)C[C@H](C)CC[C@H]2[C@@H]1C(=O)C1=CC(=CC(C)C)NC1=O. The molecule has 158 valence electrons. The molecule has 0 bridgehead atoms. The number of nitrogens with one attached hydrogen (secondary N) is 1. The largest absolute Gasteiger partial charge is 0.322 e. The van der Waals surface area contributed by atoms with Crippen LogP contribution in [0.4, 0.5) is 0 Å². The smallest absolute Gasteiger partial charge is 0.259 e. The van der Waals surface area contributed by atoms with E-state index in [0.29, 0.717) is 17.4 Å². The van der Waals surface area contributed by atoms with Crippen molar-refractivity contribution in [3.63, 3.8) is 0 Å². The Morgan fingerprint density at radius 3 is 2.62 bits per heavy atom. The molecule has 29 heavy (non-hydrogen) atoms. The van der Waals surface area contributed by atoms with Crippen molar-refractivity contribution in [1.82, 2.24) is 5.32 Å². The summed E-state index contributed by atoms with van der Waals surface area (Å²) in [6.45, 7) is 15.1. The summed E-state index contributed by atoms with van der Waals surface area (Å²) in [4.78, 5) is 26.6. The summed E-state index contributed by atoms with van der Waals surface area (Å²) in [6.07, 6.45) is 11.7. The summed E-state index contributed by atoms with van der Waals surface area (Å²) in [7, 11) is 0. The molecule has 1 amide bonds. The molecule has 0 spiro atoms. The Balaban J connectivity index is 2.07. The number of fused-ring (bicyclic) bond motifs is 1. The molecule has 3 rings (SSSR count). The highest BCUT2D eigenvalue weighted by atomic mass is 16.2. The number of allylic oxidation sites excluding steroid dienone is 6. The number of ketones is 1. The molecule has 0 unspecified atom stereocenters. The van der Waals surface area contributed by atoms with Crippen molar-refractivity contribution >= 4 is 11.7 Å². The fourth-order valence-corrected chi connectivity index (χ4v) is 6.10. The van der Waals surface area contributed by atoms with Crippen LogP contribution in [0.15, 0.2) is 46.7 Å². The third-order valence-electron chi connectivity index (χ3n) is 7.28. The standard InChI is InChI=1S/C26H37NO2/c1-8-17(5)22-18(6)14-26(7)13-16(4)9-10-21(26)23(22)24(28)20-12-19(11-15(2)3)27-25(20)29/h8,11-12,14-16,21-23H,9-10,13H2,1-7H3,(H,27,29)/t16-,21+,22-,23+,26+/m1/s1. The molecule has 2 aliphatic carbocycles. The first kappa shape index (κ1) is 21.8. The second kappa shape index (κ2) is 8.08. The summed E-state index contributed by atoms with van der Waals surface area (Å²) < 4.78 is 0. The van der Waals surface area contributed by atoms with Crippen LogP contribution in [0.5, 0.6) is 0 Å². The minimum atomic E-state index is -0.239. The molecule has 3 heteroatoms. The predicted octanol–water partition coefficient (Wildman–Crippen LogP) is 5.75. The third kappa shape index (κ3) is 4.06. The molecule has 1 saturated carbocycles. The minimum Gasteiger partial charge on any atom is -0.322 e. The second-order valence-corrected chi connectivity index (χ2v) is 10.2. The van der Waals surface area contributed by atoms with Gasteiger partial charge in [-0.15, -0.1) is 0 Å². The van der Waals surface area contributed by atoms with Gasteiger partial charge in [-0.05, 0) is 62.9 Å². The fraction of sp³-hybridized carbons (Fsp3) is 0.615. The van der Waals surface area contributed by atoms with Gasteiger partial charge in [-0.3, -0.25) is 9.59 Å². The molecule has 3 aliphatic rings. The summed E-state index contributed by atoms with van der Waals surface area (Å²) >= 11 is 0. The predicted molar refractivity (Wildman–Crippen MR) is 119 cm³/mol. The highest BCUT2D eigenvalue weighted by molar-refractivity contribution is 6.22. The Morgan fingerprint density at radius 1 is 1.31 bits per heavy atom. The van der Waals surface area contributed by atoms with E-state index in [1.54, 1.807) is 6.08 Å². The van der Waals surface area contributed by atoms with Crippen LogP contribution in [0.25, 0.3) is 0 Å². The maximum atomic E-state index is 13.9. The number of Topliss-reactive ketones (excluding diaryl/α,β-unsaturated/α-hetero) is 1. The van der Waals surface area contributed by atoms with Crippen molar-refractivity contribution in [2.75, 3.05) is 0 Å². The first-order valence-corrected chi connectivity index (χ1v) is 11.2. The number of carbonyl (C=O) groups excluding carboxylic acids is 2. The molecule has 0 aromatic carbocycles. The van der Waals surface area contributed by atoms with Gasteiger partial charge in [0.2, 0.25) is 0 Å². The lowest BCUT2D eigenvalue weighted by Crippen LogP contribution is -2.48. The van der Waals surface area contributed by atoms with Crippen molar-refractivity contribution in [2.24, 2.45) is 35.0 Å². The third-order valence-corrected chi connectivity index (χ3v) is 7.28. The second-order valence-electron chi connectivity index (χ2n) is 10.2. The van der Waals surface area contributed by atoms with Crippen molar-refractivity contribution in [1.29, 1.82) is 0 Å². The molecule has 1 fully saturated rings. The number of rotatable bonds is 4. The van der Waals surface area contributed by atoms with Crippen LogP contribution in [0, 0.1) is 35.0 Å². The van der Waals surface area contributed by atoms with Crippen LogP contribution in [-0.4, -0.2) is 11.7 Å². The molecule has 1 N–H and O–H groups in total. The first-order valence-electron chi connectivity index (χ1n) is 11.2. The lowest BCUT2D eigenvalue weighted by molar-refractivity contribution is -0.128. The molecule has 1 aliphatic heterocycles. The Hall–Kier alpha value is -1.90. The zero-order valence-electron chi connectivity index (χ0n) is 19.1. The highest BCUT2D eigenvalue weighted by Crippen LogP contribution is 2.56. The number of amides is 1. The summed E-state index contributed by atoms with van der Waals surface area (Å²) in [5.74, 6) is 0.981. The molecular weight excluding hydrogens is 358 g/mol. The van der Waals surface area contributed by atoms with Gasteiger partial charge in [0.05, 0.1) is 5.57 Å². The van der Waals surface area contributed by atoms with Gasteiger partial charge in [-0.25, -0.2) is 0 Å². The molecule has 3 nitrogen and oxygen atoms in total. The van der Waals surface area contributed by atoms with E-state index in [4.69, 9.17) is 0 Å². The van der Waals surface area contributed by atoms with Gasteiger partial charge in [-0.1, -0.05) is 63.5 Å². The maximum Gasteiger partial charge on any atom is 0.259 e. The van der Waals surface area contributed by atoms with Gasteiger partial charge >= 0.3 is 0 Å². The van der Waals surface area contributed by atoms with Crippen LogP contribution < -0.4 is 5.32 Å². The van der Waals surface area contributed by atoms with Gasteiger partial charge in [0.25, 0.3) is 5.91 Å². The van der Waals surface area contributed by atoms with Crippen LogP contribution in [0.3, 0.4) is 0 Å². The van der Waals surface area contributed by atoms with Crippen molar-refractivity contribution < 1.29 is 9.59 Å². The molecule has 5 atom stereocenters. The molecule has 0 radical (unpaired) electrons. The topological polar surface area (TPSA) is 46.2 Å². The van der Waals surface area contributed by atoms with E-state index in [-0.39, 0.29) is 34.9 Å². The van der Waals surface area contributed by atoms with E-state index >= 15 is 0 Å². The number of hydrogen-bond acceptors (Lipinski definition) is 2. The van der Waals surface area contributed by atoms with E-state index < -0.39 is 0 Å². The minimum absolute atomic E-state index is 0.0266. The lowest BCUT2D eigenvalue weighted by Gasteiger charge is -2.52. The number of carbonyl (C=O) groups is 2. The Kier molecular flexibility index (Phi) is 6.08. The monoisotopic (exact) mass is 395 g/mol. The normalized spacial score (nSPS) is 36.6. The summed E-state index contributed by atoms with van der Waals surface area (Å²) in [6, 6.07) is 0. The zero-order valence-corrected chi connectivity index (χ0v) is 19.1. The first-order chi connectivity index (χ1) is 13.6. The highest BCUT2D eigenvalue weighted by Gasteiger charge is 2.51. The van der Waals surface area contributed by atoms with Crippen LogP contribution in [0.2, 0.25) is 0 Å². The molecule has 0 saturated heterocycles. The van der Waals surface area contributed by atoms with E-state index in [1.165, 1.54) is 11.1 Å². The van der Waals surface area contributed by atoms with E-state index in [1.807, 2.05) is 13.0 Å². The average Bonchev–Trinajstić information content (AvgIpc) is 2.97. The molecular formula is C26H37NO2. The Bertz CT molecular complexity index is 826. The van der Waals surface area contributed by atoms with Gasteiger partial charge in [0.1, 0.15) is 0 Å². The number of hydrogen-bond donors (Lipinski definition) is 1. The molecule has 0 aromatic rings. The van der Waals surface area contributed by atoms with E-state index in [0.717, 1.165) is 25.0 Å². The molecule has 0 aromatic heterocycles. The Labute approximate surface area is 176 Å². The van der Waals surface area contributed by atoms with Crippen molar-refractivity contribution in [3.05, 3.63) is 46.7 Å². The summed E-state index contributed by atoms with van der Waals surface area (Å²) in [5, 5.41) is 2.89. The average molecular weight is 396 g/mol.